The van der Waals surface area contributed by atoms with Crippen molar-refractivity contribution >= 4 is 5.97 Å². The molecule has 2 N–H and O–H groups in total. The molecule has 0 amide bonds. The van der Waals surface area contributed by atoms with E-state index in [0.29, 0.717) is 0 Å². The van der Waals surface area contributed by atoms with Crippen molar-refractivity contribution in [3.8, 4) is 5.75 Å². The van der Waals surface area contributed by atoms with Crippen molar-refractivity contribution in [2.75, 3.05) is 0 Å². The summed E-state index contributed by atoms with van der Waals surface area (Å²) in [6.45, 7) is 4.17. The molecule has 0 aliphatic carbocycles. The molecule has 0 spiro atoms. The van der Waals surface area contributed by atoms with Gasteiger partial charge < -0.3 is 10.2 Å². The number of aromatic carboxylic acids is 1. The minimum absolute atomic E-state index is 0.0118. The second-order valence-electron chi connectivity index (χ2n) is 4.57. The average Bonchev–Trinajstić information content (AvgIpc) is 2.35. The van der Waals surface area contributed by atoms with Gasteiger partial charge in [-0.2, -0.15) is 0 Å². The molecule has 0 aromatic heterocycles. The van der Waals surface area contributed by atoms with Gasteiger partial charge in [-0.1, -0.05) is 39.2 Å². The van der Waals surface area contributed by atoms with E-state index in [4.69, 9.17) is 5.11 Å². The van der Waals surface area contributed by atoms with Crippen molar-refractivity contribution in [2.24, 2.45) is 0 Å². The number of hydrogen-bond acceptors (Lipinski definition) is 2. The normalized spacial score (nSPS) is 10.6. The van der Waals surface area contributed by atoms with Crippen LogP contribution in [-0.2, 0) is 12.8 Å². The van der Waals surface area contributed by atoms with Crippen LogP contribution in [0.5, 0.6) is 5.75 Å². The average molecular weight is 250 g/mol. The van der Waals surface area contributed by atoms with Crippen LogP contribution in [0.4, 0.5) is 0 Å². The van der Waals surface area contributed by atoms with E-state index in [2.05, 4.69) is 6.92 Å². The summed E-state index contributed by atoms with van der Waals surface area (Å²) >= 11 is 0. The molecule has 18 heavy (non-hydrogen) atoms. The fraction of sp³-hybridized carbons (Fsp3) is 0.533. The van der Waals surface area contributed by atoms with E-state index < -0.39 is 5.97 Å². The lowest BCUT2D eigenvalue weighted by molar-refractivity contribution is 0.0693. The van der Waals surface area contributed by atoms with E-state index in [9.17, 15) is 9.90 Å². The molecule has 1 aromatic carbocycles. The van der Waals surface area contributed by atoms with Crippen molar-refractivity contribution in [1.82, 2.24) is 0 Å². The molecular weight excluding hydrogens is 228 g/mol. The zero-order valence-corrected chi connectivity index (χ0v) is 11.2. The van der Waals surface area contributed by atoms with Crippen LogP contribution >= 0.6 is 0 Å². The lowest BCUT2D eigenvalue weighted by atomic mass is 9.95. The van der Waals surface area contributed by atoms with Crippen molar-refractivity contribution < 1.29 is 15.0 Å². The summed E-state index contributed by atoms with van der Waals surface area (Å²) in [7, 11) is 0. The first-order chi connectivity index (χ1) is 8.61. The lowest BCUT2D eigenvalue weighted by Gasteiger charge is -2.12. The molecule has 0 aliphatic heterocycles. The number of rotatable bonds is 7. The highest BCUT2D eigenvalue weighted by molar-refractivity contribution is 5.91. The van der Waals surface area contributed by atoms with Crippen LogP contribution in [0.25, 0.3) is 0 Å². The first kappa shape index (κ1) is 14.6. The number of hydrogen-bond donors (Lipinski definition) is 2. The maximum atomic E-state index is 11.0. The van der Waals surface area contributed by atoms with Crippen molar-refractivity contribution in [2.45, 2.75) is 52.4 Å². The standard InChI is InChI=1S/C15H22O3/c1-3-5-6-7-8-12-11(4-2)9-10-13(14(12)16)15(17)18/h9-10,16H,3-8H2,1-2H3,(H,17,18). The number of carbonyl (C=O) groups is 1. The Morgan fingerprint density at radius 1 is 1.17 bits per heavy atom. The maximum Gasteiger partial charge on any atom is 0.339 e. The summed E-state index contributed by atoms with van der Waals surface area (Å²) in [6.07, 6.45) is 6.04. The van der Waals surface area contributed by atoms with Gasteiger partial charge in [-0.25, -0.2) is 4.79 Å². The van der Waals surface area contributed by atoms with Crippen molar-refractivity contribution in [1.29, 1.82) is 0 Å². The van der Waals surface area contributed by atoms with Crippen LogP contribution in [0.2, 0.25) is 0 Å². The SMILES string of the molecule is CCCCCCc1c(CC)ccc(C(=O)O)c1O. The predicted molar refractivity (Wildman–Crippen MR) is 72.3 cm³/mol. The number of carboxylic acids is 1. The quantitative estimate of drug-likeness (QED) is 0.724. The summed E-state index contributed by atoms with van der Waals surface area (Å²) in [4.78, 5) is 11.0. The van der Waals surface area contributed by atoms with Crippen LogP contribution in [-0.4, -0.2) is 16.2 Å². The fourth-order valence-electron chi connectivity index (χ4n) is 2.19. The number of unbranched alkanes of at least 4 members (excludes halogenated alkanes) is 3. The molecule has 0 radical (unpaired) electrons. The molecule has 1 rings (SSSR count). The highest BCUT2D eigenvalue weighted by atomic mass is 16.4. The molecule has 3 heteroatoms. The van der Waals surface area contributed by atoms with Crippen LogP contribution in [0.3, 0.4) is 0 Å². The molecule has 1 aromatic rings. The van der Waals surface area contributed by atoms with Gasteiger partial charge in [0.1, 0.15) is 11.3 Å². The number of aromatic hydroxyl groups is 1. The van der Waals surface area contributed by atoms with Gasteiger partial charge in [0.25, 0.3) is 0 Å². The monoisotopic (exact) mass is 250 g/mol. The zero-order chi connectivity index (χ0) is 13.5. The third-order valence-corrected chi connectivity index (χ3v) is 3.27. The second kappa shape index (κ2) is 7.04. The van der Waals surface area contributed by atoms with Gasteiger partial charge in [0.2, 0.25) is 0 Å². The summed E-state index contributed by atoms with van der Waals surface area (Å²) < 4.78 is 0. The Labute approximate surface area is 108 Å². The first-order valence-corrected chi connectivity index (χ1v) is 6.68. The van der Waals surface area contributed by atoms with Crippen LogP contribution in [0.15, 0.2) is 12.1 Å². The van der Waals surface area contributed by atoms with Crippen LogP contribution in [0.1, 0.15) is 61.0 Å². The van der Waals surface area contributed by atoms with E-state index in [0.717, 1.165) is 36.8 Å². The lowest BCUT2D eigenvalue weighted by Crippen LogP contribution is -2.02. The Bertz CT molecular complexity index is 410. The van der Waals surface area contributed by atoms with E-state index in [-0.39, 0.29) is 11.3 Å². The minimum atomic E-state index is -1.06. The van der Waals surface area contributed by atoms with Crippen LogP contribution < -0.4 is 0 Å². The largest absolute Gasteiger partial charge is 0.507 e. The van der Waals surface area contributed by atoms with Gasteiger partial charge >= 0.3 is 5.97 Å². The molecule has 0 unspecified atom stereocenters. The van der Waals surface area contributed by atoms with E-state index in [1.165, 1.54) is 18.9 Å². The molecule has 0 heterocycles. The fourth-order valence-corrected chi connectivity index (χ4v) is 2.19. The predicted octanol–water partition coefficient (Wildman–Crippen LogP) is 3.78. The number of carboxylic acid groups (broad SMARTS) is 1. The van der Waals surface area contributed by atoms with Gasteiger partial charge in [0.15, 0.2) is 0 Å². The molecule has 0 saturated heterocycles. The maximum absolute atomic E-state index is 11.0. The third-order valence-electron chi connectivity index (χ3n) is 3.27. The summed E-state index contributed by atoms with van der Waals surface area (Å²) in [5, 5.41) is 19.1. The Balaban J connectivity index is 2.91. The van der Waals surface area contributed by atoms with Crippen LogP contribution in [0, 0.1) is 0 Å². The summed E-state index contributed by atoms with van der Waals surface area (Å²) in [5.74, 6) is -1.11. The van der Waals surface area contributed by atoms with Gasteiger partial charge in [0.05, 0.1) is 0 Å². The summed E-state index contributed by atoms with van der Waals surface area (Å²) in [6, 6.07) is 3.31. The van der Waals surface area contributed by atoms with Gasteiger partial charge in [0, 0.05) is 0 Å². The molecule has 3 nitrogen and oxygen atoms in total. The topological polar surface area (TPSA) is 57.5 Å². The smallest absolute Gasteiger partial charge is 0.339 e. The van der Waals surface area contributed by atoms with E-state index in [1.807, 2.05) is 13.0 Å². The van der Waals surface area contributed by atoms with Gasteiger partial charge in [-0.3, -0.25) is 0 Å². The molecule has 0 bridgehead atoms. The Morgan fingerprint density at radius 3 is 2.44 bits per heavy atom. The highest BCUT2D eigenvalue weighted by Gasteiger charge is 2.15. The number of benzene rings is 1. The van der Waals surface area contributed by atoms with E-state index >= 15 is 0 Å². The first-order valence-electron chi connectivity index (χ1n) is 6.68. The van der Waals surface area contributed by atoms with Gasteiger partial charge in [-0.15, -0.1) is 0 Å². The summed E-state index contributed by atoms with van der Waals surface area (Å²) in [5.41, 5.74) is 1.88. The molecule has 100 valence electrons. The minimum Gasteiger partial charge on any atom is -0.507 e. The third kappa shape index (κ3) is 3.49. The number of phenols is 1. The number of aryl methyl sites for hydroxylation is 1. The van der Waals surface area contributed by atoms with Crippen molar-refractivity contribution in [3.63, 3.8) is 0 Å². The Hall–Kier alpha value is -1.51. The van der Waals surface area contributed by atoms with E-state index in [1.54, 1.807) is 0 Å². The van der Waals surface area contributed by atoms with Gasteiger partial charge in [-0.05, 0) is 36.5 Å². The molecule has 0 atom stereocenters. The van der Waals surface area contributed by atoms with Crippen molar-refractivity contribution in [3.05, 3.63) is 28.8 Å². The molecule has 0 saturated carbocycles. The Morgan fingerprint density at radius 2 is 1.89 bits per heavy atom. The Kier molecular flexibility index (Phi) is 5.69. The second-order valence-corrected chi connectivity index (χ2v) is 4.57. The molecule has 0 fully saturated rings. The molecular formula is C15H22O3. The highest BCUT2D eigenvalue weighted by Crippen LogP contribution is 2.28. The molecule has 0 aliphatic rings. The zero-order valence-electron chi connectivity index (χ0n) is 11.2.